The van der Waals surface area contributed by atoms with Crippen LogP contribution in [-0.4, -0.2) is 59.1 Å². The van der Waals surface area contributed by atoms with Crippen LogP contribution in [0.25, 0.3) is 0 Å². The molecular weight excluding hydrogens is 308 g/mol. The molecule has 23 heavy (non-hydrogen) atoms. The highest BCUT2D eigenvalue weighted by Crippen LogP contribution is 2.32. The van der Waals surface area contributed by atoms with E-state index in [1.54, 1.807) is 0 Å². The summed E-state index contributed by atoms with van der Waals surface area (Å²) >= 11 is 1.52. The molecule has 0 radical (unpaired) electrons. The van der Waals surface area contributed by atoms with Gasteiger partial charge in [0.25, 0.3) is 5.91 Å². The minimum absolute atomic E-state index is 0.159. The third-order valence-corrected chi connectivity index (χ3v) is 6.19. The van der Waals surface area contributed by atoms with Crippen molar-refractivity contribution in [3.63, 3.8) is 0 Å². The Bertz CT molecular complexity index is 509. The van der Waals surface area contributed by atoms with Gasteiger partial charge in [-0.1, -0.05) is 13.0 Å². The zero-order valence-electron chi connectivity index (χ0n) is 14.0. The first-order valence-corrected chi connectivity index (χ1v) is 9.71. The Labute approximate surface area is 143 Å². The van der Waals surface area contributed by atoms with Crippen LogP contribution in [0.2, 0.25) is 0 Å². The molecule has 1 aliphatic heterocycles. The van der Waals surface area contributed by atoms with Gasteiger partial charge in [-0.05, 0) is 49.5 Å². The Kier molecular flexibility index (Phi) is 5.39. The minimum Gasteiger partial charge on any atom is -0.389 e. The van der Waals surface area contributed by atoms with Crippen molar-refractivity contribution >= 4 is 17.2 Å². The van der Waals surface area contributed by atoms with E-state index < -0.39 is 5.60 Å². The van der Waals surface area contributed by atoms with Crippen LogP contribution in [0.1, 0.15) is 48.7 Å². The highest BCUT2D eigenvalue weighted by atomic mass is 32.1. The smallest absolute Gasteiger partial charge is 0.263 e. The highest BCUT2D eigenvalue weighted by molar-refractivity contribution is 7.12. The summed E-state index contributed by atoms with van der Waals surface area (Å²) in [5, 5.41) is 12.8. The van der Waals surface area contributed by atoms with Gasteiger partial charge in [0.05, 0.1) is 10.5 Å². The fourth-order valence-corrected chi connectivity index (χ4v) is 4.45. The predicted octanol–water partition coefficient (Wildman–Crippen LogP) is 2.84. The molecule has 4 nitrogen and oxygen atoms in total. The molecule has 1 saturated heterocycles. The van der Waals surface area contributed by atoms with E-state index in [1.807, 2.05) is 22.4 Å². The van der Waals surface area contributed by atoms with Crippen LogP contribution >= 0.6 is 11.3 Å². The summed E-state index contributed by atoms with van der Waals surface area (Å²) in [6.07, 6.45) is 5.09. The average molecular weight is 337 g/mol. The summed E-state index contributed by atoms with van der Waals surface area (Å²) in [4.78, 5) is 17.6. The van der Waals surface area contributed by atoms with Crippen LogP contribution in [0, 0.1) is 5.92 Å². The van der Waals surface area contributed by atoms with E-state index in [-0.39, 0.29) is 5.91 Å². The number of β-amino-alcohol motifs (C(OH)–C–C–N with tert-alkyl or cyclic N) is 1. The van der Waals surface area contributed by atoms with Crippen LogP contribution in [-0.2, 0) is 0 Å². The van der Waals surface area contributed by atoms with E-state index >= 15 is 0 Å². The number of carbonyl (C=O) groups is 1. The molecule has 1 aromatic heterocycles. The molecule has 1 amide bonds. The van der Waals surface area contributed by atoms with Crippen molar-refractivity contribution < 1.29 is 9.90 Å². The van der Waals surface area contributed by atoms with Crippen molar-refractivity contribution in [2.45, 2.75) is 44.6 Å². The standard InChI is InChI=1S/C18H28N2O2S/c1-15-5-7-18(22,8-6-15)14-19-9-3-10-20(12-11-19)17(21)16-4-2-13-23-16/h2,4,13,15,22H,3,5-12,14H2,1H3. The second-order valence-corrected chi connectivity index (χ2v) is 8.25. The van der Waals surface area contributed by atoms with Gasteiger partial charge in [0.15, 0.2) is 0 Å². The lowest BCUT2D eigenvalue weighted by atomic mass is 9.79. The molecule has 2 aliphatic rings. The molecule has 1 N–H and O–H groups in total. The Hall–Kier alpha value is -0.910. The minimum atomic E-state index is -0.514. The first-order chi connectivity index (χ1) is 11.1. The fraction of sp³-hybridized carbons (Fsp3) is 0.722. The number of hydrogen-bond acceptors (Lipinski definition) is 4. The van der Waals surface area contributed by atoms with Gasteiger partial charge in [-0.15, -0.1) is 11.3 Å². The van der Waals surface area contributed by atoms with Crippen molar-refractivity contribution in [2.75, 3.05) is 32.7 Å². The molecule has 1 aromatic rings. The van der Waals surface area contributed by atoms with Crippen molar-refractivity contribution in [1.82, 2.24) is 9.80 Å². The number of carbonyl (C=O) groups excluding carboxylic acids is 1. The molecule has 0 atom stereocenters. The third kappa shape index (κ3) is 4.34. The van der Waals surface area contributed by atoms with E-state index in [4.69, 9.17) is 0 Å². The van der Waals surface area contributed by atoms with Crippen molar-refractivity contribution in [3.05, 3.63) is 22.4 Å². The monoisotopic (exact) mass is 336 g/mol. The maximum Gasteiger partial charge on any atom is 0.263 e. The first kappa shape index (κ1) is 16.9. The number of thiophene rings is 1. The topological polar surface area (TPSA) is 43.8 Å². The molecule has 5 heteroatoms. The first-order valence-electron chi connectivity index (χ1n) is 8.83. The predicted molar refractivity (Wildman–Crippen MR) is 93.9 cm³/mol. The second kappa shape index (κ2) is 7.32. The van der Waals surface area contributed by atoms with Crippen molar-refractivity contribution in [1.29, 1.82) is 0 Å². The molecule has 0 bridgehead atoms. The molecule has 128 valence electrons. The number of amides is 1. The van der Waals surface area contributed by atoms with E-state index in [0.29, 0.717) is 0 Å². The Morgan fingerprint density at radius 2 is 2.09 bits per heavy atom. The Morgan fingerprint density at radius 1 is 1.30 bits per heavy atom. The number of aliphatic hydroxyl groups is 1. The van der Waals surface area contributed by atoms with Crippen LogP contribution in [0.5, 0.6) is 0 Å². The van der Waals surface area contributed by atoms with Gasteiger partial charge in [0.2, 0.25) is 0 Å². The van der Waals surface area contributed by atoms with Gasteiger partial charge in [0, 0.05) is 32.7 Å². The lowest BCUT2D eigenvalue weighted by Crippen LogP contribution is -2.46. The van der Waals surface area contributed by atoms with Gasteiger partial charge >= 0.3 is 0 Å². The molecule has 0 spiro atoms. The maximum absolute atomic E-state index is 12.5. The largest absolute Gasteiger partial charge is 0.389 e. The quantitative estimate of drug-likeness (QED) is 0.923. The van der Waals surface area contributed by atoms with Crippen LogP contribution in [0.3, 0.4) is 0 Å². The lowest BCUT2D eigenvalue weighted by molar-refractivity contribution is -0.0341. The van der Waals surface area contributed by atoms with Crippen LogP contribution < -0.4 is 0 Å². The van der Waals surface area contributed by atoms with E-state index in [9.17, 15) is 9.90 Å². The molecule has 3 rings (SSSR count). The zero-order valence-corrected chi connectivity index (χ0v) is 14.9. The van der Waals surface area contributed by atoms with Crippen molar-refractivity contribution in [2.24, 2.45) is 5.92 Å². The molecule has 0 aromatic carbocycles. The highest BCUT2D eigenvalue weighted by Gasteiger charge is 2.34. The molecule has 2 heterocycles. The normalized spacial score (nSPS) is 30.2. The molecule has 1 aliphatic carbocycles. The summed E-state index contributed by atoms with van der Waals surface area (Å²) in [6, 6.07) is 3.84. The van der Waals surface area contributed by atoms with Gasteiger partial charge in [-0.25, -0.2) is 0 Å². The molecule has 0 unspecified atom stereocenters. The number of nitrogens with zero attached hydrogens (tertiary/aromatic N) is 2. The summed E-state index contributed by atoms with van der Waals surface area (Å²) in [5.74, 6) is 0.908. The number of hydrogen-bond donors (Lipinski definition) is 1. The Morgan fingerprint density at radius 3 is 2.78 bits per heavy atom. The van der Waals surface area contributed by atoms with Crippen LogP contribution in [0.15, 0.2) is 17.5 Å². The SMILES string of the molecule is CC1CCC(O)(CN2CCCN(C(=O)c3cccs3)CC2)CC1. The van der Waals surface area contributed by atoms with Gasteiger partial charge < -0.3 is 10.0 Å². The average Bonchev–Trinajstić information content (AvgIpc) is 2.98. The lowest BCUT2D eigenvalue weighted by Gasteiger charge is -2.38. The Balaban J connectivity index is 1.53. The zero-order chi connectivity index (χ0) is 16.3. The molecule has 2 fully saturated rings. The molecule has 1 saturated carbocycles. The van der Waals surface area contributed by atoms with E-state index in [1.165, 1.54) is 11.3 Å². The molecular formula is C18H28N2O2S. The van der Waals surface area contributed by atoms with Gasteiger partial charge in [-0.2, -0.15) is 0 Å². The fourth-order valence-electron chi connectivity index (χ4n) is 3.76. The van der Waals surface area contributed by atoms with E-state index in [0.717, 1.165) is 75.6 Å². The van der Waals surface area contributed by atoms with E-state index in [2.05, 4.69) is 11.8 Å². The van der Waals surface area contributed by atoms with Gasteiger partial charge in [-0.3, -0.25) is 9.69 Å². The second-order valence-electron chi connectivity index (χ2n) is 7.31. The summed E-state index contributed by atoms with van der Waals surface area (Å²) < 4.78 is 0. The summed E-state index contributed by atoms with van der Waals surface area (Å²) in [6.45, 7) is 6.48. The van der Waals surface area contributed by atoms with Crippen LogP contribution in [0.4, 0.5) is 0 Å². The summed E-state index contributed by atoms with van der Waals surface area (Å²) in [5.41, 5.74) is -0.514. The van der Waals surface area contributed by atoms with Gasteiger partial charge in [0.1, 0.15) is 0 Å². The van der Waals surface area contributed by atoms with Crippen molar-refractivity contribution in [3.8, 4) is 0 Å². The third-order valence-electron chi connectivity index (χ3n) is 5.33. The number of rotatable bonds is 3. The summed E-state index contributed by atoms with van der Waals surface area (Å²) in [7, 11) is 0. The maximum atomic E-state index is 12.5.